The maximum Gasteiger partial charge on any atom is 0.134 e. The van der Waals surface area contributed by atoms with Crippen LogP contribution in [0.2, 0.25) is 0 Å². The van der Waals surface area contributed by atoms with Gasteiger partial charge in [-0.2, -0.15) is 10.2 Å². The summed E-state index contributed by atoms with van der Waals surface area (Å²) in [6, 6.07) is 5.67. The molecule has 0 unspecified atom stereocenters. The second-order valence-corrected chi connectivity index (χ2v) is 3.01. The van der Waals surface area contributed by atoms with E-state index in [2.05, 4.69) is 20.2 Å². The summed E-state index contributed by atoms with van der Waals surface area (Å²) in [5.74, 6) is 0.769. The van der Waals surface area contributed by atoms with E-state index in [1.807, 2.05) is 19.1 Å². The Morgan fingerprint density at radius 3 is 2.50 bits per heavy atom. The van der Waals surface area contributed by atoms with Crippen LogP contribution in [-0.2, 0) is 6.42 Å². The van der Waals surface area contributed by atoms with Gasteiger partial charge in [0.25, 0.3) is 0 Å². The first-order valence-electron chi connectivity index (χ1n) is 4.40. The van der Waals surface area contributed by atoms with Gasteiger partial charge < -0.3 is 0 Å². The molecule has 0 amide bonds. The first-order chi connectivity index (χ1) is 6.84. The van der Waals surface area contributed by atoms with Gasteiger partial charge in [-0.25, -0.2) is 9.97 Å². The molecule has 2 rings (SSSR count). The van der Waals surface area contributed by atoms with Crippen LogP contribution in [-0.4, -0.2) is 20.2 Å². The van der Waals surface area contributed by atoms with E-state index in [0.29, 0.717) is 6.42 Å². The lowest BCUT2D eigenvalue weighted by Crippen LogP contribution is -1.99. The lowest BCUT2D eigenvalue weighted by Gasteiger charge is -1.98. The summed E-state index contributed by atoms with van der Waals surface area (Å²) in [5, 5.41) is 8.01. The van der Waals surface area contributed by atoms with E-state index < -0.39 is 0 Å². The molecular weight excluding hydrogens is 176 g/mol. The fourth-order valence-electron chi connectivity index (χ4n) is 1.10. The van der Waals surface area contributed by atoms with E-state index >= 15 is 0 Å². The lowest BCUT2D eigenvalue weighted by molar-refractivity contribution is 0.867. The zero-order valence-electron chi connectivity index (χ0n) is 7.88. The van der Waals surface area contributed by atoms with Gasteiger partial charge in [0.15, 0.2) is 0 Å². The molecule has 0 saturated heterocycles. The maximum atomic E-state index is 4.12. The Kier molecular flexibility index (Phi) is 2.44. The van der Waals surface area contributed by atoms with Gasteiger partial charge >= 0.3 is 0 Å². The van der Waals surface area contributed by atoms with Crippen molar-refractivity contribution in [2.24, 2.45) is 0 Å². The molecule has 0 radical (unpaired) electrons. The topological polar surface area (TPSA) is 51.6 Å². The van der Waals surface area contributed by atoms with Gasteiger partial charge in [0.05, 0.1) is 17.8 Å². The zero-order chi connectivity index (χ0) is 9.80. The van der Waals surface area contributed by atoms with Crippen molar-refractivity contribution in [1.29, 1.82) is 0 Å². The Morgan fingerprint density at radius 1 is 1.07 bits per heavy atom. The molecule has 14 heavy (non-hydrogen) atoms. The zero-order valence-corrected chi connectivity index (χ0v) is 7.88. The van der Waals surface area contributed by atoms with Crippen LogP contribution in [0.3, 0.4) is 0 Å². The standard InChI is InChI=1S/C10H10N4/c1-8-3-4-9(14-13-8)7-10-11-5-2-6-12-10/h2-6H,7H2,1H3. The van der Waals surface area contributed by atoms with Crippen LogP contribution in [0.15, 0.2) is 30.6 Å². The minimum absolute atomic E-state index is 0.633. The summed E-state index contributed by atoms with van der Waals surface area (Å²) in [6.45, 7) is 1.91. The minimum Gasteiger partial charge on any atom is -0.241 e. The van der Waals surface area contributed by atoms with Gasteiger partial charge in [-0.1, -0.05) is 0 Å². The monoisotopic (exact) mass is 186 g/mol. The minimum atomic E-state index is 0.633. The van der Waals surface area contributed by atoms with Crippen molar-refractivity contribution in [3.63, 3.8) is 0 Å². The van der Waals surface area contributed by atoms with Gasteiger partial charge in [-0.05, 0) is 25.1 Å². The molecular formula is C10H10N4. The number of rotatable bonds is 2. The van der Waals surface area contributed by atoms with Crippen LogP contribution in [0.1, 0.15) is 17.2 Å². The molecule has 70 valence electrons. The first kappa shape index (κ1) is 8.74. The van der Waals surface area contributed by atoms with Gasteiger partial charge in [0.2, 0.25) is 0 Å². The quantitative estimate of drug-likeness (QED) is 0.706. The molecule has 2 aromatic heterocycles. The third kappa shape index (κ3) is 2.10. The normalized spacial score (nSPS) is 10.1. The van der Waals surface area contributed by atoms with Crippen molar-refractivity contribution >= 4 is 0 Å². The molecule has 0 atom stereocenters. The summed E-state index contributed by atoms with van der Waals surface area (Å²) < 4.78 is 0. The van der Waals surface area contributed by atoms with Crippen LogP contribution in [0.4, 0.5) is 0 Å². The molecule has 0 aliphatic rings. The van der Waals surface area contributed by atoms with Crippen LogP contribution in [0, 0.1) is 6.92 Å². The number of hydrogen-bond donors (Lipinski definition) is 0. The second-order valence-electron chi connectivity index (χ2n) is 3.01. The predicted octanol–water partition coefficient (Wildman–Crippen LogP) is 1.17. The fraction of sp³-hybridized carbons (Fsp3) is 0.200. The Labute approximate surface area is 82.1 Å². The summed E-state index contributed by atoms with van der Waals surface area (Å²) >= 11 is 0. The van der Waals surface area contributed by atoms with E-state index in [1.165, 1.54) is 0 Å². The summed E-state index contributed by atoms with van der Waals surface area (Å²) in [5.41, 5.74) is 1.81. The summed E-state index contributed by atoms with van der Waals surface area (Å²) in [7, 11) is 0. The molecule has 4 nitrogen and oxygen atoms in total. The number of nitrogens with zero attached hydrogens (tertiary/aromatic N) is 4. The lowest BCUT2D eigenvalue weighted by atomic mass is 10.2. The average Bonchev–Trinajstić information content (AvgIpc) is 2.23. The highest BCUT2D eigenvalue weighted by Gasteiger charge is 1.99. The first-order valence-corrected chi connectivity index (χ1v) is 4.40. The van der Waals surface area contributed by atoms with Crippen molar-refractivity contribution in [2.75, 3.05) is 0 Å². The highest BCUT2D eigenvalue weighted by atomic mass is 15.1. The highest BCUT2D eigenvalue weighted by molar-refractivity contribution is 5.10. The molecule has 0 N–H and O–H groups in total. The van der Waals surface area contributed by atoms with Gasteiger partial charge in [0.1, 0.15) is 5.82 Å². The Balaban J connectivity index is 2.16. The van der Waals surface area contributed by atoms with Gasteiger partial charge in [-0.3, -0.25) is 0 Å². The molecule has 0 bridgehead atoms. The van der Waals surface area contributed by atoms with Crippen LogP contribution in [0.5, 0.6) is 0 Å². The SMILES string of the molecule is Cc1ccc(Cc2ncccn2)nn1. The number of aromatic nitrogens is 4. The van der Waals surface area contributed by atoms with Crippen molar-refractivity contribution in [2.45, 2.75) is 13.3 Å². The molecule has 2 aromatic rings. The second kappa shape index (κ2) is 3.91. The van der Waals surface area contributed by atoms with Crippen molar-refractivity contribution in [3.05, 3.63) is 47.8 Å². The number of hydrogen-bond acceptors (Lipinski definition) is 4. The molecule has 0 aliphatic carbocycles. The Morgan fingerprint density at radius 2 is 1.86 bits per heavy atom. The van der Waals surface area contributed by atoms with Gasteiger partial charge in [0, 0.05) is 12.4 Å². The fourth-order valence-corrected chi connectivity index (χ4v) is 1.10. The predicted molar refractivity (Wildman–Crippen MR) is 51.6 cm³/mol. The average molecular weight is 186 g/mol. The molecule has 0 fully saturated rings. The maximum absolute atomic E-state index is 4.12. The van der Waals surface area contributed by atoms with Crippen LogP contribution < -0.4 is 0 Å². The van der Waals surface area contributed by atoms with E-state index in [0.717, 1.165) is 17.2 Å². The largest absolute Gasteiger partial charge is 0.241 e. The van der Waals surface area contributed by atoms with Gasteiger partial charge in [-0.15, -0.1) is 0 Å². The number of aryl methyl sites for hydroxylation is 1. The third-order valence-corrected chi connectivity index (χ3v) is 1.81. The third-order valence-electron chi connectivity index (χ3n) is 1.81. The molecule has 0 aromatic carbocycles. The Hall–Kier alpha value is -1.84. The molecule has 4 heteroatoms. The van der Waals surface area contributed by atoms with E-state index in [-0.39, 0.29) is 0 Å². The van der Waals surface area contributed by atoms with E-state index in [4.69, 9.17) is 0 Å². The smallest absolute Gasteiger partial charge is 0.134 e. The van der Waals surface area contributed by atoms with Crippen molar-refractivity contribution in [3.8, 4) is 0 Å². The highest BCUT2D eigenvalue weighted by Crippen LogP contribution is 2.00. The van der Waals surface area contributed by atoms with E-state index in [1.54, 1.807) is 18.5 Å². The molecule has 0 spiro atoms. The molecule has 2 heterocycles. The van der Waals surface area contributed by atoms with Crippen molar-refractivity contribution < 1.29 is 0 Å². The molecule has 0 aliphatic heterocycles. The van der Waals surface area contributed by atoms with Crippen LogP contribution in [0.25, 0.3) is 0 Å². The summed E-state index contributed by atoms with van der Waals surface area (Å²) in [4.78, 5) is 8.24. The van der Waals surface area contributed by atoms with Crippen molar-refractivity contribution in [1.82, 2.24) is 20.2 Å². The van der Waals surface area contributed by atoms with E-state index in [9.17, 15) is 0 Å². The molecule has 0 saturated carbocycles. The summed E-state index contributed by atoms with van der Waals surface area (Å²) in [6.07, 6.45) is 4.09. The Bertz CT molecular complexity index is 396. The van der Waals surface area contributed by atoms with Crippen LogP contribution >= 0.6 is 0 Å².